The first-order chi connectivity index (χ1) is 7.04. The summed E-state index contributed by atoms with van der Waals surface area (Å²) in [6.07, 6.45) is 1.77. The van der Waals surface area contributed by atoms with Crippen LogP contribution in [0.25, 0.3) is 5.65 Å². The number of aromatic nitrogens is 3. The van der Waals surface area contributed by atoms with Crippen LogP contribution in [0.2, 0.25) is 0 Å². The van der Waals surface area contributed by atoms with Crippen molar-refractivity contribution in [1.29, 1.82) is 0 Å². The molecular formula is C10H14N4O. The van der Waals surface area contributed by atoms with E-state index >= 15 is 0 Å². The summed E-state index contributed by atoms with van der Waals surface area (Å²) in [6, 6.07) is 3.58. The monoisotopic (exact) mass is 206 g/mol. The van der Waals surface area contributed by atoms with Gasteiger partial charge in [0.1, 0.15) is 5.82 Å². The summed E-state index contributed by atoms with van der Waals surface area (Å²) in [4.78, 5) is 0. The van der Waals surface area contributed by atoms with Crippen LogP contribution >= 0.6 is 0 Å². The molecule has 5 heteroatoms. The van der Waals surface area contributed by atoms with Crippen molar-refractivity contribution in [1.82, 2.24) is 14.6 Å². The van der Waals surface area contributed by atoms with E-state index in [-0.39, 0.29) is 6.61 Å². The van der Waals surface area contributed by atoms with Crippen molar-refractivity contribution in [2.24, 2.45) is 0 Å². The normalized spacial score (nSPS) is 12.2. The van der Waals surface area contributed by atoms with Gasteiger partial charge in [-0.2, -0.15) is 0 Å². The molecule has 0 aliphatic heterocycles. The number of rotatable bonds is 2. The molecule has 80 valence electrons. The van der Waals surface area contributed by atoms with E-state index in [1.165, 1.54) is 0 Å². The van der Waals surface area contributed by atoms with Gasteiger partial charge in [0.05, 0.1) is 6.61 Å². The number of nitrogens with zero attached hydrogens (tertiary/aromatic N) is 3. The fourth-order valence-electron chi connectivity index (χ4n) is 1.44. The van der Waals surface area contributed by atoms with Gasteiger partial charge in [0.15, 0.2) is 5.65 Å². The zero-order chi connectivity index (χ0) is 11.1. The van der Waals surface area contributed by atoms with Gasteiger partial charge >= 0.3 is 0 Å². The Bertz CT molecular complexity index is 489. The summed E-state index contributed by atoms with van der Waals surface area (Å²) in [5, 5.41) is 17.4. The second-order valence-corrected chi connectivity index (χ2v) is 4.26. The third-order valence-corrected chi connectivity index (χ3v) is 2.43. The lowest BCUT2D eigenvalue weighted by Crippen LogP contribution is -2.25. The Balaban J connectivity index is 2.67. The molecule has 15 heavy (non-hydrogen) atoms. The molecule has 0 aliphatic rings. The maximum atomic E-state index is 9.28. The minimum absolute atomic E-state index is 0.0165. The molecule has 0 aliphatic carbocycles. The number of aliphatic hydroxyl groups excluding tert-OH is 1. The number of anilines is 1. The lowest BCUT2D eigenvalue weighted by atomic mass is 9.94. The van der Waals surface area contributed by atoms with Gasteiger partial charge < -0.3 is 10.8 Å². The molecule has 0 unspecified atom stereocenters. The quantitative estimate of drug-likeness (QED) is 0.753. The number of aliphatic hydroxyl groups is 1. The molecule has 0 spiro atoms. The van der Waals surface area contributed by atoms with Crippen molar-refractivity contribution >= 4 is 11.3 Å². The van der Waals surface area contributed by atoms with Crippen molar-refractivity contribution < 1.29 is 5.11 Å². The second-order valence-electron chi connectivity index (χ2n) is 4.26. The van der Waals surface area contributed by atoms with Crippen molar-refractivity contribution in [3.8, 4) is 0 Å². The van der Waals surface area contributed by atoms with Crippen LogP contribution in [-0.4, -0.2) is 26.3 Å². The Hall–Kier alpha value is -1.62. The molecule has 2 aromatic rings. The van der Waals surface area contributed by atoms with Crippen LogP contribution in [0, 0.1) is 0 Å². The highest BCUT2D eigenvalue weighted by Gasteiger charge is 2.25. The Morgan fingerprint density at radius 1 is 1.40 bits per heavy atom. The van der Waals surface area contributed by atoms with Crippen molar-refractivity contribution in [3.05, 3.63) is 24.2 Å². The summed E-state index contributed by atoms with van der Waals surface area (Å²) in [5.41, 5.74) is 6.66. The van der Waals surface area contributed by atoms with E-state index in [0.717, 1.165) is 5.65 Å². The average molecular weight is 206 g/mol. The highest BCUT2D eigenvalue weighted by molar-refractivity contribution is 5.47. The van der Waals surface area contributed by atoms with Gasteiger partial charge in [-0.25, -0.2) is 0 Å². The Labute approximate surface area is 87.6 Å². The molecule has 3 N–H and O–H groups in total. The summed E-state index contributed by atoms with van der Waals surface area (Å²) in [5.74, 6) is 0.715. The van der Waals surface area contributed by atoms with E-state index in [1.54, 1.807) is 18.3 Å². The van der Waals surface area contributed by atoms with Crippen LogP contribution in [0.4, 0.5) is 5.69 Å². The van der Waals surface area contributed by atoms with Gasteiger partial charge in [0, 0.05) is 17.3 Å². The highest BCUT2D eigenvalue weighted by Crippen LogP contribution is 2.21. The maximum absolute atomic E-state index is 9.28. The predicted octanol–water partition coefficient (Wildman–Crippen LogP) is 0.581. The van der Waals surface area contributed by atoms with E-state index in [9.17, 15) is 5.11 Å². The SMILES string of the molecule is CC(C)(CO)c1nnc2ccc(N)cn12. The van der Waals surface area contributed by atoms with Gasteiger partial charge in [0.2, 0.25) is 0 Å². The highest BCUT2D eigenvalue weighted by atomic mass is 16.3. The molecule has 5 nitrogen and oxygen atoms in total. The molecule has 0 bridgehead atoms. The summed E-state index contributed by atoms with van der Waals surface area (Å²) < 4.78 is 1.81. The topological polar surface area (TPSA) is 76.4 Å². The summed E-state index contributed by atoms with van der Waals surface area (Å²) in [7, 11) is 0. The summed E-state index contributed by atoms with van der Waals surface area (Å²) in [6.45, 7) is 3.84. The standard InChI is InChI=1S/C10H14N4O/c1-10(2,6-15)9-13-12-8-4-3-7(11)5-14(8)9/h3-5,15H,6,11H2,1-2H3. The Morgan fingerprint density at radius 2 is 2.13 bits per heavy atom. The lowest BCUT2D eigenvalue weighted by molar-refractivity contribution is 0.211. The fraction of sp³-hybridized carbons (Fsp3) is 0.400. The largest absolute Gasteiger partial charge is 0.398 e. The van der Waals surface area contributed by atoms with Gasteiger partial charge in [-0.15, -0.1) is 10.2 Å². The third-order valence-electron chi connectivity index (χ3n) is 2.43. The molecule has 0 fully saturated rings. The molecule has 2 heterocycles. The van der Waals surface area contributed by atoms with Gasteiger partial charge in [-0.1, -0.05) is 13.8 Å². The molecule has 0 radical (unpaired) electrons. The van der Waals surface area contributed by atoms with Gasteiger partial charge in [-0.3, -0.25) is 4.40 Å². The van der Waals surface area contributed by atoms with Crippen molar-refractivity contribution in [3.63, 3.8) is 0 Å². The number of pyridine rings is 1. The van der Waals surface area contributed by atoms with Crippen LogP contribution in [0.3, 0.4) is 0 Å². The first kappa shape index (κ1) is 9.92. The van der Waals surface area contributed by atoms with Gasteiger partial charge in [-0.05, 0) is 12.1 Å². The lowest BCUT2D eigenvalue weighted by Gasteiger charge is -2.19. The molecular weight excluding hydrogens is 192 g/mol. The first-order valence-electron chi connectivity index (χ1n) is 4.76. The van der Waals surface area contributed by atoms with E-state index in [4.69, 9.17) is 5.73 Å². The number of nitrogen functional groups attached to an aromatic ring is 1. The minimum Gasteiger partial charge on any atom is -0.398 e. The average Bonchev–Trinajstić information content (AvgIpc) is 2.61. The fourth-order valence-corrected chi connectivity index (χ4v) is 1.44. The first-order valence-corrected chi connectivity index (χ1v) is 4.76. The van der Waals surface area contributed by atoms with Gasteiger partial charge in [0.25, 0.3) is 0 Å². The third kappa shape index (κ3) is 1.55. The number of fused-ring (bicyclic) bond motifs is 1. The van der Waals surface area contributed by atoms with Crippen LogP contribution in [0.15, 0.2) is 18.3 Å². The van der Waals surface area contributed by atoms with Crippen LogP contribution < -0.4 is 5.73 Å². The number of nitrogens with two attached hydrogens (primary N) is 1. The van der Waals surface area contributed by atoms with Crippen LogP contribution in [0.1, 0.15) is 19.7 Å². The number of hydrogen-bond acceptors (Lipinski definition) is 4. The molecule has 0 saturated carbocycles. The van der Waals surface area contributed by atoms with E-state index < -0.39 is 5.41 Å². The maximum Gasteiger partial charge on any atom is 0.160 e. The zero-order valence-corrected chi connectivity index (χ0v) is 8.81. The zero-order valence-electron chi connectivity index (χ0n) is 8.81. The number of hydrogen-bond donors (Lipinski definition) is 2. The van der Waals surface area contributed by atoms with E-state index in [2.05, 4.69) is 10.2 Å². The van der Waals surface area contributed by atoms with Crippen LogP contribution in [-0.2, 0) is 5.41 Å². The van der Waals surface area contributed by atoms with E-state index in [0.29, 0.717) is 11.5 Å². The van der Waals surface area contributed by atoms with Crippen LogP contribution in [0.5, 0.6) is 0 Å². The molecule has 0 atom stereocenters. The Morgan fingerprint density at radius 3 is 2.80 bits per heavy atom. The minimum atomic E-state index is -0.423. The van der Waals surface area contributed by atoms with E-state index in [1.807, 2.05) is 18.2 Å². The predicted molar refractivity (Wildman–Crippen MR) is 57.5 cm³/mol. The second kappa shape index (κ2) is 3.20. The molecule has 2 rings (SSSR count). The Kier molecular flexibility index (Phi) is 2.12. The molecule has 0 saturated heterocycles. The summed E-state index contributed by atoms with van der Waals surface area (Å²) >= 11 is 0. The molecule has 2 aromatic heterocycles. The molecule has 0 amide bonds. The smallest absolute Gasteiger partial charge is 0.160 e. The molecule has 0 aromatic carbocycles. The van der Waals surface area contributed by atoms with Crippen molar-refractivity contribution in [2.45, 2.75) is 19.3 Å². The van der Waals surface area contributed by atoms with Crippen molar-refractivity contribution in [2.75, 3.05) is 12.3 Å².